The van der Waals surface area contributed by atoms with Crippen molar-refractivity contribution in [2.24, 2.45) is 5.92 Å². The van der Waals surface area contributed by atoms with Crippen LogP contribution in [0, 0.1) is 17.2 Å². The van der Waals surface area contributed by atoms with E-state index in [1.807, 2.05) is 13.0 Å². The molecular weight excluding hydrogens is 342 g/mol. The second kappa shape index (κ2) is 8.43. The van der Waals surface area contributed by atoms with Crippen LogP contribution < -0.4 is 5.32 Å². The molecule has 0 spiro atoms. The number of hydrogen-bond acceptors (Lipinski definition) is 5. The van der Waals surface area contributed by atoms with E-state index in [-0.39, 0.29) is 29.0 Å². The first-order valence-corrected chi connectivity index (χ1v) is 9.63. The Bertz CT molecular complexity index is 757. The van der Waals surface area contributed by atoms with Crippen LogP contribution in [0.4, 0.5) is 0 Å². The van der Waals surface area contributed by atoms with E-state index in [2.05, 4.69) is 5.32 Å². The smallest absolute Gasteiger partial charge is 0.244 e. The van der Waals surface area contributed by atoms with Crippen molar-refractivity contribution in [3.05, 3.63) is 29.8 Å². The summed E-state index contributed by atoms with van der Waals surface area (Å²) < 4.78 is 32.3. The average molecular weight is 365 g/mol. The van der Waals surface area contributed by atoms with Crippen molar-refractivity contribution in [2.75, 3.05) is 26.8 Å². The standard InChI is InChI=1S/C17H23N3O4S/c1-13-7-8-15(17(21)19-9-10-24-2)12-20(13)25(22,23)16-6-4-3-5-14(16)11-18/h3-6,13,15H,7-10,12H2,1-2H3,(H,19,21)/t13-,15+/m1/s1. The molecule has 1 saturated heterocycles. The Balaban J connectivity index is 2.21. The SMILES string of the molecule is COCCNC(=O)[C@H]1CC[C@@H](C)N(S(=O)(=O)c2ccccc2C#N)C1. The Hall–Kier alpha value is -1.95. The first-order chi connectivity index (χ1) is 11.9. The Labute approximate surface area is 148 Å². The summed E-state index contributed by atoms with van der Waals surface area (Å²) in [7, 11) is -2.29. The van der Waals surface area contributed by atoms with Crippen molar-refractivity contribution in [1.29, 1.82) is 5.26 Å². The molecule has 136 valence electrons. The third-order valence-electron chi connectivity index (χ3n) is 4.40. The fraction of sp³-hybridized carbons (Fsp3) is 0.529. The molecule has 0 unspecified atom stereocenters. The number of piperidine rings is 1. The molecule has 1 heterocycles. The molecule has 1 amide bonds. The summed E-state index contributed by atoms with van der Waals surface area (Å²) in [5.74, 6) is -0.574. The molecule has 1 aromatic rings. The van der Waals surface area contributed by atoms with Gasteiger partial charge in [0.25, 0.3) is 0 Å². The number of methoxy groups -OCH3 is 1. The zero-order chi connectivity index (χ0) is 18.4. The summed E-state index contributed by atoms with van der Waals surface area (Å²) in [6.45, 7) is 2.74. The predicted molar refractivity (Wildman–Crippen MR) is 92.1 cm³/mol. The summed E-state index contributed by atoms with van der Waals surface area (Å²) in [6, 6.07) is 7.84. The molecule has 1 fully saturated rings. The largest absolute Gasteiger partial charge is 0.383 e. The molecule has 1 N–H and O–H groups in total. The lowest BCUT2D eigenvalue weighted by Crippen LogP contribution is -2.49. The normalized spacial score (nSPS) is 21.5. The van der Waals surface area contributed by atoms with E-state index < -0.39 is 15.9 Å². The molecule has 1 aliphatic rings. The average Bonchev–Trinajstić information content (AvgIpc) is 2.62. The highest BCUT2D eigenvalue weighted by Gasteiger charge is 2.38. The highest BCUT2D eigenvalue weighted by atomic mass is 32.2. The van der Waals surface area contributed by atoms with Gasteiger partial charge < -0.3 is 10.1 Å². The Morgan fingerprint density at radius 1 is 1.40 bits per heavy atom. The number of sulfonamides is 1. The van der Waals surface area contributed by atoms with Crippen molar-refractivity contribution >= 4 is 15.9 Å². The number of nitriles is 1. The van der Waals surface area contributed by atoms with E-state index >= 15 is 0 Å². The molecule has 0 aromatic heterocycles. The number of hydrogen-bond donors (Lipinski definition) is 1. The summed E-state index contributed by atoms with van der Waals surface area (Å²) in [5.41, 5.74) is 0.112. The number of ether oxygens (including phenoxy) is 1. The predicted octanol–water partition coefficient (Wildman–Crippen LogP) is 1.11. The van der Waals surface area contributed by atoms with Crippen LogP contribution in [0.1, 0.15) is 25.3 Å². The van der Waals surface area contributed by atoms with Gasteiger partial charge in [0.1, 0.15) is 6.07 Å². The maximum atomic E-state index is 13.0. The number of amides is 1. The van der Waals surface area contributed by atoms with Gasteiger partial charge in [0.2, 0.25) is 15.9 Å². The molecule has 2 rings (SSSR count). The highest BCUT2D eigenvalue weighted by molar-refractivity contribution is 7.89. The molecule has 1 aliphatic heterocycles. The van der Waals surface area contributed by atoms with Crippen LogP contribution in [0.15, 0.2) is 29.2 Å². The quantitative estimate of drug-likeness (QED) is 0.761. The summed E-state index contributed by atoms with van der Waals surface area (Å²) in [5, 5.41) is 12.0. The van der Waals surface area contributed by atoms with Crippen LogP contribution in [0.25, 0.3) is 0 Å². The van der Waals surface area contributed by atoms with Crippen molar-refractivity contribution in [2.45, 2.75) is 30.7 Å². The Morgan fingerprint density at radius 2 is 2.12 bits per heavy atom. The summed E-state index contributed by atoms with van der Waals surface area (Å²) >= 11 is 0. The molecule has 8 heteroatoms. The minimum atomic E-state index is -3.84. The van der Waals surface area contributed by atoms with Gasteiger partial charge in [-0.25, -0.2) is 8.42 Å². The van der Waals surface area contributed by atoms with E-state index in [0.717, 1.165) is 0 Å². The highest BCUT2D eigenvalue weighted by Crippen LogP contribution is 2.29. The lowest BCUT2D eigenvalue weighted by Gasteiger charge is -2.36. The van der Waals surface area contributed by atoms with Crippen LogP contribution in [-0.2, 0) is 19.6 Å². The van der Waals surface area contributed by atoms with Gasteiger partial charge in [-0.05, 0) is 31.9 Å². The lowest BCUT2D eigenvalue weighted by molar-refractivity contribution is -0.126. The number of carbonyl (C=O) groups is 1. The fourth-order valence-corrected chi connectivity index (χ4v) is 4.80. The third kappa shape index (κ3) is 4.37. The molecule has 1 aromatic carbocycles. The van der Waals surface area contributed by atoms with Gasteiger partial charge in [0.05, 0.1) is 23.0 Å². The Morgan fingerprint density at radius 3 is 2.80 bits per heavy atom. The molecule has 0 aliphatic carbocycles. The van der Waals surface area contributed by atoms with Crippen molar-refractivity contribution in [3.8, 4) is 6.07 Å². The maximum absolute atomic E-state index is 13.0. The second-order valence-corrected chi connectivity index (χ2v) is 7.95. The van der Waals surface area contributed by atoms with E-state index in [0.29, 0.717) is 26.0 Å². The topological polar surface area (TPSA) is 99.5 Å². The number of benzene rings is 1. The molecule has 0 saturated carbocycles. The van der Waals surface area contributed by atoms with Gasteiger partial charge in [-0.2, -0.15) is 9.57 Å². The second-order valence-electron chi connectivity index (χ2n) is 6.09. The maximum Gasteiger partial charge on any atom is 0.244 e. The van der Waals surface area contributed by atoms with Crippen molar-refractivity contribution < 1.29 is 17.9 Å². The number of nitrogens with one attached hydrogen (secondary N) is 1. The molecular formula is C17H23N3O4S. The first-order valence-electron chi connectivity index (χ1n) is 8.19. The molecule has 0 radical (unpaired) electrons. The third-order valence-corrected chi connectivity index (χ3v) is 6.43. The number of carbonyl (C=O) groups excluding carboxylic acids is 1. The van der Waals surface area contributed by atoms with Gasteiger partial charge in [-0.1, -0.05) is 12.1 Å². The van der Waals surface area contributed by atoms with E-state index in [1.54, 1.807) is 19.2 Å². The van der Waals surface area contributed by atoms with Crippen LogP contribution in [0.2, 0.25) is 0 Å². The fourth-order valence-electron chi connectivity index (χ4n) is 2.95. The van der Waals surface area contributed by atoms with E-state index in [4.69, 9.17) is 4.74 Å². The first kappa shape index (κ1) is 19.4. The summed E-state index contributed by atoms with van der Waals surface area (Å²) in [6.07, 6.45) is 1.22. The molecule has 2 atom stereocenters. The van der Waals surface area contributed by atoms with Gasteiger partial charge >= 0.3 is 0 Å². The minimum absolute atomic E-state index is 0.00945. The van der Waals surface area contributed by atoms with Gasteiger partial charge in [0, 0.05) is 26.2 Å². The lowest BCUT2D eigenvalue weighted by atomic mass is 9.95. The summed E-state index contributed by atoms with van der Waals surface area (Å²) in [4.78, 5) is 12.3. The van der Waals surface area contributed by atoms with Crippen LogP contribution in [0.5, 0.6) is 0 Å². The Kier molecular flexibility index (Phi) is 6.53. The zero-order valence-electron chi connectivity index (χ0n) is 14.4. The van der Waals surface area contributed by atoms with Crippen LogP contribution >= 0.6 is 0 Å². The van der Waals surface area contributed by atoms with Gasteiger partial charge in [0.15, 0.2) is 0 Å². The van der Waals surface area contributed by atoms with Crippen LogP contribution in [-0.4, -0.2) is 51.5 Å². The zero-order valence-corrected chi connectivity index (χ0v) is 15.3. The molecule has 0 bridgehead atoms. The minimum Gasteiger partial charge on any atom is -0.383 e. The number of nitrogens with zero attached hydrogens (tertiary/aromatic N) is 2. The van der Waals surface area contributed by atoms with E-state index in [9.17, 15) is 18.5 Å². The van der Waals surface area contributed by atoms with Crippen LogP contribution in [0.3, 0.4) is 0 Å². The van der Waals surface area contributed by atoms with Gasteiger partial charge in [-0.15, -0.1) is 0 Å². The molecule has 7 nitrogen and oxygen atoms in total. The van der Waals surface area contributed by atoms with Crippen molar-refractivity contribution in [1.82, 2.24) is 9.62 Å². The van der Waals surface area contributed by atoms with E-state index in [1.165, 1.54) is 16.4 Å². The monoisotopic (exact) mass is 365 g/mol. The van der Waals surface area contributed by atoms with Gasteiger partial charge in [-0.3, -0.25) is 4.79 Å². The molecule has 25 heavy (non-hydrogen) atoms. The van der Waals surface area contributed by atoms with Crippen molar-refractivity contribution in [3.63, 3.8) is 0 Å². The number of rotatable bonds is 6.